The molecule has 4 unspecified atom stereocenters. The summed E-state index contributed by atoms with van der Waals surface area (Å²) in [6, 6.07) is 0. The number of hydrogen-bond donors (Lipinski definition) is 2. The molecule has 3 rings (SSSR count). The van der Waals surface area contributed by atoms with Gasteiger partial charge in [-0.25, -0.2) is 15.0 Å². The summed E-state index contributed by atoms with van der Waals surface area (Å²) in [4.78, 5) is 12.3. The first-order valence-electron chi connectivity index (χ1n) is 7.10. The first-order valence-corrected chi connectivity index (χ1v) is 7.10. The summed E-state index contributed by atoms with van der Waals surface area (Å²) in [5.41, 5.74) is 6.78. The Labute approximate surface area is 132 Å². The first-order chi connectivity index (χ1) is 11.0. The molecule has 1 fully saturated rings. The van der Waals surface area contributed by atoms with Crippen molar-refractivity contribution in [2.75, 3.05) is 19.5 Å². The van der Waals surface area contributed by atoms with E-state index < -0.39 is 24.5 Å². The number of fused-ring (bicyclic) bond motifs is 1. The molecule has 0 spiro atoms. The van der Waals surface area contributed by atoms with Gasteiger partial charge in [-0.1, -0.05) is 6.58 Å². The highest BCUT2D eigenvalue weighted by Crippen LogP contribution is 2.33. The molecule has 124 valence electrons. The van der Waals surface area contributed by atoms with Crippen LogP contribution in [0.15, 0.2) is 25.0 Å². The molecule has 0 saturated carbocycles. The van der Waals surface area contributed by atoms with Crippen molar-refractivity contribution >= 4 is 17.0 Å². The summed E-state index contributed by atoms with van der Waals surface area (Å²) in [7, 11) is 1.51. The molecule has 2 aromatic rings. The smallest absolute Gasteiger partial charge is 0.167 e. The number of methoxy groups -OCH3 is 1. The van der Waals surface area contributed by atoms with Crippen LogP contribution in [0.2, 0.25) is 0 Å². The van der Waals surface area contributed by atoms with Crippen molar-refractivity contribution in [1.82, 2.24) is 19.5 Å². The summed E-state index contributed by atoms with van der Waals surface area (Å²) in [5.74, 6) is 0.829. The third kappa shape index (κ3) is 2.74. The van der Waals surface area contributed by atoms with Gasteiger partial charge >= 0.3 is 0 Å². The van der Waals surface area contributed by atoms with Crippen molar-refractivity contribution in [3.63, 3.8) is 0 Å². The second kappa shape index (κ2) is 6.11. The summed E-state index contributed by atoms with van der Waals surface area (Å²) in [5, 5.41) is 10.4. The standard InChI is InChI=1S/C14H19N5O4/c1-7(2)22-4-8-10(20)11(21-3)14(23-8)19-6-18-9-12(15)16-5-17-13(9)19/h5-6,8,10-11,14,20H,1,4H2,2-3H3,(H2,15,16,17). The van der Waals surface area contributed by atoms with E-state index in [0.29, 0.717) is 16.9 Å². The highest BCUT2D eigenvalue weighted by molar-refractivity contribution is 5.81. The molecule has 1 aliphatic rings. The van der Waals surface area contributed by atoms with Gasteiger partial charge in [-0.3, -0.25) is 4.57 Å². The molecule has 0 aromatic carbocycles. The first kappa shape index (κ1) is 15.7. The van der Waals surface area contributed by atoms with Crippen LogP contribution in [0.5, 0.6) is 0 Å². The third-order valence-electron chi connectivity index (χ3n) is 3.74. The number of anilines is 1. The molecule has 3 N–H and O–H groups in total. The minimum Gasteiger partial charge on any atom is -0.496 e. The zero-order valence-corrected chi connectivity index (χ0v) is 12.9. The van der Waals surface area contributed by atoms with Crippen LogP contribution in [-0.2, 0) is 14.2 Å². The molecule has 0 bridgehead atoms. The van der Waals surface area contributed by atoms with Gasteiger partial charge in [-0.15, -0.1) is 0 Å². The average molecular weight is 321 g/mol. The summed E-state index contributed by atoms with van der Waals surface area (Å²) in [6.07, 6.45) is 0.279. The van der Waals surface area contributed by atoms with Crippen molar-refractivity contribution in [2.45, 2.75) is 31.5 Å². The molecule has 9 nitrogen and oxygen atoms in total. The Morgan fingerprint density at radius 2 is 2.26 bits per heavy atom. The maximum Gasteiger partial charge on any atom is 0.167 e. The van der Waals surface area contributed by atoms with E-state index in [0.717, 1.165) is 0 Å². The van der Waals surface area contributed by atoms with E-state index in [-0.39, 0.29) is 12.4 Å². The number of rotatable bonds is 5. The lowest BCUT2D eigenvalue weighted by Crippen LogP contribution is -2.35. The molecule has 23 heavy (non-hydrogen) atoms. The van der Waals surface area contributed by atoms with Gasteiger partial charge in [0.1, 0.15) is 36.8 Å². The lowest BCUT2D eigenvalue weighted by Gasteiger charge is -2.19. The number of nitrogen functional groups attached to an aromatic ring is 1. The normalized spacial score (nSPS) is 27.4. The van der Waals surface area contributed by atoms with Gasteiger partial charge in [0, 0.05) is 7.11 Å². The highest BCUT2D eigenvalue weighted by atomic mass is 16.6. The Morgan fingerprint density at radius 3 is 2.96 bits per heavy atom. The van der Waals surface area contributed by atoms with Crippen molar-refractivity contribution < 1.29 is 19.3 Å². The van der Waals surface area contributed by atoms with Gasteiger partial charge in [-0.2, -0.15) is 0 Å². The number of hydrogen-bond acceptors (Lipinski definition) is 8. The predicted molar refractivity (Wildman–Crippen MR) is 81.2 cm³/mol. The predicted octanol–water partition coefficient (Wildman–Crippen LogP) is 0.232. The maximum absolute atomic E-state index is 10.4. The van der Waals surface area contributed by atoms with Gasteiger partial charge in [-0.05, 0) is 6.92 Å². The molecular weight excluding hydrogens is 302 g/mol. The fourth-order valence-electron chi connectivity index (χ4n) is 2.62. The molecule has 0 aliphatic carbocycles. The summed E-state index contributed by atoms with van der Waals surface area (Å²) in [6.45, 7) is 5.57. The number of allylic oxidation sites excluding steroid dienone is 1. The van der Waals surface area contributed by atoms with Gasteiger partial charge in [0.05, 0.1) is 12.1 Å². The Hall–Kier alpha value is -2.23. The maximum atomic E-state index is 10.4. The van der Waals surface area contributed by atoms with Crippen molar-refractivity contribution in [3.8, 4) is 0 Å². The van der Waals surface area contributed by atoms with E-state index >= 15 is 0 Å². The monoisotopic (exact) mass is 321 g/mol. The second-order valence-corrected chi connectivity index (χ2v) is 5.35. The highest BCUT2D eigenvalue weighted by Gasteiger charge is 2.46. The molecule has 2 aromatic heterocycles. The van der Waals surface area contributed by atoms with Crippen molar-refractivity contribution in [3.05, 3.63) is 25.0 Å². The number of aromatic nitrogens is 4. The molecule has 4 atom stereocenters. The average Bonchev–Trinajstić information content (AvgIpc) is 3.07. The fraction of sp³-hybridized carbons (Fsp3) is 0.500. The van der Waals surface area contributed by atoms with Gasteiger partial charge < -0.3 is 25.1 Å². The Bertz CT molecular complexity index is 718. The fourth-order valence-corrected chi connectivity index (χ4v) is 2.62. The summed E-state index contributed by atoms with van der Waals surface area (Å²) >= 11 is 0. The summed E-state index contributed by atoms with van der Waals surface area (Å²) < 4.78 is 18.3. The van der Waals surface area contributed by atoms with Crippen LogP contribution in [0.4, 0.5) is 5.82 Å². The largest absolute Gasteiger partial charge is 0.496 e. The SMILES string of the molecule is C=C(C)OCC1OC(n2cnc3c(N)ncnc32)C(OC)C1O. The van der Waals surface area contributed by atoms with E-state index in [1.54, 1.807) is 17.8 Å². The number of aliphatic hydroxyl groups is 1. The van der Waals surface area contributed by atoms with Crippen LogP contribution in [0.1, 0.15) is 13.2 Å². The van der Waals surface area contributed by atoms with E-state index in [1.165, 1.54) is 13.4 Å². The van der Waals surface area contributed by atoms with Crippen LogP contribution < -0.4 is 5.73 Å². The van der Waals surface area contributed by atoms with E-state index in [2.05, 4.69) is 21.5 Å². The van der Waals surface area contributed by atoms with Gasteiger partial charge in [0.25, 0.3) is 0 Å². The molecule has 1 aliphatic heterocycles. The third-order valence-corrected chi connectivity index (χ3v) is 3.74. The van der Waals surface area contributed by atoms with Crippen LogP contribution in [0.3, 0.4) is 0 Å². The van der Waals surface area contributed by atoms with E-state index in [4.69, 9.17) is 19.9 Å². The Morgan fingerprint density at radius 1 is 1.48 bits per heavy atom. The van der Waals surface area contributed by atoms with Gasteiger partial charge in [0.2, 0.25) is 0 Å². The number of nitrogens with zero attached hydrogens (tertiary/aromatic N) is 4. The van der Waals surface area contributed by atoms with Crippen LogP contribution in [-0.4, -0.2) is 56.7 Å². The van der Waals surface area contributed by atoms with Crippen LogP contribution in [0, 0.1) is 0 Å². The quantitative estimate of drug-likeness (QED) is 0.752. The number of aliphatic hydroxyl groups excluding tert-OH is 1. The molecule has 0 amide bonds. The van der Waals surface area contributed by atoms with Crippen LogP contribution in [0.25, 0.3) is 11.2 Å². The second-order valence-electron chi connectivity index (χ2n) is 5.35. The lowest BCUT2D eigenvalue weighted by atomic mass is 10.1. The van der Waals surface area contributed by atoms with Gasteiger partial charge in [0.15, 0.2) is 17.7 Å². The Kier molecular flexibility index (Phi) is 4.16. The van der Waals surface area contributed by atoms with Crippen molar-refractivity contribution in [2.24, 2.45) is 0 Å². The van der Waals surface area contributed by atoms with Crippen molar-refractivity contribution in [1.29, 1.82) is 0 Å². The molecule has 1 saturated heterocycles. The van der Waals surface area contributed by atoms with E-state index in [1.807, 2.05) is 0 Å². The number of nitrogens with two attached hydrogens (primary N) is 1. The van der Waals surface area contributed by atoms with E-state index in [9.17, 15) is 5.11 Å². The minimum absolute atomic E-state index is 0.177. The lowest BCUT2D eigenvalue weighted by molar-refractivity contribution is -0.0614. The molecule has 0 radical (unpaired) electrons. The Balaban J connectivity index is 1.91. The minimum atomic E-state index is -0.860. The molecule has 3 heterocycles. The molecular formula is C14H19N5O4. The van der Waals surface area contributed by atoms with Crippen LogP contribution >= 0.6 is 0 Å². The number of imidazole rings is 1. The zero-order chi connectivity index (χ0) is 16.6. The molecule has 9 heteroatoms. The topological polar surface area (TPSA) is 118 Å². The number of ether oxygens (including phenoxy) is 3. The zero-order valence-electron chi connectivity index (χ0n) is 12.9.